The molecule has 0 saturated carbocycles. The molecule has 0 aliphatic heterocycles. The number of hydrogen-bond acceptors (Lipinski definition) is 5. The van der Waals surface area contributed by atoms with Gasteiger partial charge in [0, 0.05) is 17.8 Å². The number of rotatable bonds is 7. The number of benzene rings is 1. The molecule has 0 aliphatic rings. The van der Waals surface area contributed by atoms with Crippen LogP contribution in [-0.2, 0) is 14.3 Å². The summed E-state index contributed by atoms with van der Waals surface area (Å²) < 4.78 is 10.1. The Morgan fingerprint density at radius 3 is 2.48 bits per heavy atom. The van der Waals surface area contributed by atoms with E-state index in [0.29, 0.717) is 12.3 Å². The van der Waals surface area contributed by atoms with Crippen LogP contribution in [0, 0.1) is 0 Å². The minimum Gasteiger partial charge on any atom is -0.494 e. The number of thiocarbonyl (C=S) groups is 1. The van der Waals surface area contributed by atoms with Gasteiger partial charge in [-0.1, -0.05) is 6.92 Å². The standard InChI is InChI=1S/C16H20N2O4S/c1-3-11-22-13-7-5-12(6-8-13)17-16(23)18-14(19)9-10-15(20)21-4-2/h5-10H,3-4,11H2,1-2H3,(H2,17,18,19,23). The van der Waals surface area contributed by atoms with Gasteiger partial charge in [0.2, 0.25) is 5.91 Å². The lowest BCUT2D eigenvalue weighted by Crippen LogP contribution is -2.32. The second-order valence-corrected chi connectivity index (χ2v) is 4.81. The third-order valence-electron chi connectivity index (χ3n) is 2.48. The molecular weight excluding hydrogens is 316 g/mol. The van der Waals surface area contributed by atoms with E-state index in [-0.39, 0.29) is 11.7 Å². The summed E-state index contributed by atoms with van der Waals surface area (Å²) in [5.74, 6) is -0.327. The van der Waals surface area contributed by atoms with Crippen molar-refractivity contribution in [2.24, 2.45) is 0 Å². The molecule has 0 saturated heterocycles. The second-order valence-electron chi connectivity index (χ2n) is 4.40. The number of amides is 1. The number of carbonyl (C=O) groups is 2. The lowest BCUT2D eigenvalue weighted by molar-refractivity contribution is -0.137. The molecule has 124 valence electrons. The second kappa shape index (κ2) is 10.3. The summed E-state index contributed by atoms with van der Waals surface area (Å²) in [6, 6.07) is 7.20. The summed E-state index contributed by atoms with van der Waals surface area (Å²) in [6.45, 7) is 4.63. The molecule has 0 aromatic heterocycles. The Morgan fingerprint density at radius 2 is 1.87 bits per heavy atom. The van der Waals surface area contributed by atoms with Crippen LogP contribution < -0.4 is 15.4 Å². The van der Waals surface area contributed by atoms with Gasteiger partial charge in [-0.3, -0.25) is 10.1 Å². The van der Waals surface area contributed by atoms with Crippen LogP contribution in [0.4, 0.5) is 5.69 Å². The summed E-state index contributed by atoms with van der Waals surface area (Å²) in [4.78, 5) is 22.7. The van der Waals surface area contributed by atoms with Crippen molar-refractivity contribution in [1.29, 1.82) is 0 Å². The fourth-order valence-electron chi connectivity index (χ4n) is 1.50. The van der Waals surface area contributed by atoms with Gasteiger partial charge in [-0.2, -0.15) is 0 Å². The molecule has 23 heavy (non-hydrogen) atoms. The summed E-state index contributed by atoms with van der Waals surface area (Å²) in [6.07, 6.45) is 3.05. The Bertz CT molecular complexity index is 570. The van der Waals surface area contributed by atoms with E-state index >= 15 is 0 Å². The maximum Gasteiger partial charge on any atom is 0.330 e. The van der Waals surface area contributed by atoms with Crippen molar-refractivity contribution in [1.82, 2.24) is 5.32 Å². The molecule has 7 heteroatoms. The number of ether oxygens (including phenoxy) is 2. The van der Waals surface area contributed by atoms with E-state index in [1.165, 1.54) is 0 Å². The fourth-order valence-corrected chi connectivity index (χ4v) is 1.72. The van der Waals surface area contributed by atoms with Crippen LogP contribution in [0.2, 0.25) is 0 Å². The number of hydrogen-bond donors (Lipinski definition) is 2. The Balaban J connectivity index is 2.43. The molecule has 1 rings (SSSR count). The average Bonchev–Trinajstić information content (AvgIpc) is 2.52. The van der Waals surface area contributed by atoms with E-state index in [0.717, 1.165) is 24.3 Å². The van der Waals surface area contributed by atoms with Gasteiger partial charge in [0.1, 0.15) is 5.75 Å². The number of anilines is 1. The minimum absolute atomic E-state index is 0.130. The van der Waals surface area contributed by atoms with Gasteiger partial charge in [0.05, 0.1) is 13.2 Å². The largest absolute Gasteiger partial charge is 0.494 e. The van der Waals surface area contributed by atoms with Gasteiger partial charge in [0.15, 0.2) is 5.11 Å². The Kier molecular flexibility index (Phi) is 8.38. The van der Waals surface area contributed by atoms with Crippen molar-refractivity contribution in [3.8, 4) is 5.75 Å². The lowest BCUT2D eigenvalue weighted by atomic mass is 10.3. The molecule has 2 N–H and O–H groups in total. The third kappa shape index (κ3) is 7.96. The predicted molar refractivity (Wildman–Crippen MR) is 92.4 cm³/mol. The van der Waals surface area contributed by atoms with E-state index in [2.05, 4.69) is 15.4 Å². The maximum absolute atomic E-state index is 11.6. The minimum atomic E-state index is -0.579. The van der Waals surface area contributed by atoms with Gasteiger partial charge >= 0.3 is 5.97 Å². The smallest absolute Gasteiger partial charge is 0.330 e. The first kappa shape index (κ1) is 18.6. The predicted octanol–water partition coefficient (Wildman–Crippen LogP) is 2.41. The lowest BCUT2D eigenvalue weighted by Gasteiger charge is -2.09. The van der Waals surface area contributed by atoms with Crippen molar-refractivity contribution < 1.29 is 19.1 Å². The first-order valence-electron chi connectivity index (χ1n) is 7.24. The molecule has 0 radical (unpaired) electrons. The Hall–Kier alpha value is -2.41. The quantitative estimate of drug-likeness (QED) is 0.452. The SMILES string of the molecule is CCCOc1ccc(NC(=S)NC(=O)C=CC(=O)OCC)cc1. The molecule has 0 heterocycles. The van der Waals surface area contributed by atoms with Crippen LogP contribution in [0.25, 0.3) is 0 Å². The van der Waals surface area contributed by atoms with Gasteiger partial charge < -0.3 is 14.8 Å². The van der Waals surface area contributed by atoms with Crippen LogP contribution in [0.15, 0.2) is 36.4 Å². The van der Waals surface area contributed by atoms with Crippen LogP contribution in [0.3, 0.4) is 0 Å². The van der Waals surface area contributed by atoms with Crippen molar-refractivity contribution in [2.45, 2.75) is 20.3 Å². The Morgan fingerprint density at radius 1 is 1.17 bits per heavy atom. The van der Waals surface area contributed by atoms with Crippen molar-refractivity contribution in [3.63, 3.8) is 0 Å². The molecule has 1 aromatic carbocycles. The summed E-state index contributed by atoms with van der Waals surface area (Å²) in [5.41, 5.74) is 0.716. The summed E-state index contributed by atoms with van der Waals surface area (Å²) in [7, 11) is 0. The number of esters is 1. The summed E-state index contributed by atoms with van der Waals surface area (Å²) in [5, 5.41) is 5.42. The maximum atomic E-state index is 11.6. The normalized spacial score (nSPS) is 10.2. The van der Waals surface area contributed by atoms with E-state index in [1.807, 2.05) is 19.1 Å². The first-order valence-corrected chi connectivity index (χ1v) is 7.65. The Labute approximate surface area is 140 Å². The molecule has 1 amide bonds. The van der Waals surface area contributed by atoms with Crippen molar-refractivity contribution in [3.05, 3.63) is 36.4 Å². The highest BCUT2D eigenvalue weighted by molar-refractivity contribution is 7.80. The van der Waals surface area contributed by atoms with Gasteiger partial charge in [-0.25, -0.2) is 4.79 Å². The van der Waals surface area contributed by atoms with Crippen LogP contribution in [-0.4, -0.2) is 30.2 Å². The third-order valence-corrected chi connectivity index (χ3v) is 2.68. The number of carbonyl (C=O) groups excluding carboxylic acids is 2. The zero-order valence-electron chi connectivity index (χ0n) is 13.1. The van der Waals surface area contributed by atoms with E-state index in [4.69, 9.17) is 17.0 Å². The molecule has 0 bridgehead atoms. The molecule has 0 atom stereocenters. The van der Waals surface area contributed by atoms with Crippen molar-refractivity contribution >= 4 is 34.9 Å². The molecule has 0 aliphatic carbocycles. The topological polar surface area (TPSA) is 76.7 Å². The zero-order chi connectivity index (χ0) is 17.1. The monoisotopic (exact) mass is 336 g/mol. The molecule has 0 unspecified atom stereocenters. The van der Waals surface area contributed by atoms with Crippen LogP contribution >= 0.6 is 12.2 Å². The van der Waals surface area contributed by atoms with Crippen LogP contribution in [0.5, 0.6) is 5.75 Å². The molecule has 0 fully saturated rings. The number of nitrogens with one attached hydrogen (secondary N) is 2. The summed E-state index contributed by atoms with van der Waals surface area (Å²) >= 11 is 5.02. The van der Waals surface area contributed by atoms with Gasteiger partial charge in [-0.05, 0) is 49.8 Å². The highest BCUT2D eigenvalue weighted by Crippen LogP contribution is 2.15. The van der Waals surface area contributed by atoms with E-state index < -0.39 is 11.9 Å². The van der Waals surface area contributed by atoms with E-state index in [1.54, 1.807) is 19.1 Å². The zero-order valence-corrected chi connectivity index (χ0v) is 13.9. The molecule has 6 nitrogen and oxygen atoms in total. The average molecular weight is 336 g/mol. The highest BCUT2D eigenvalue weighted by atomic mass is 32.1. The highest BCUT2D eigenvalue weighted by Gasteiger charge is 2.03. The molecule has 0 spiro atoms. The molecular formula is C16H20N2O4S. The molecule has 1 aromatic rings. The van der Waals surface area contributed by atoms with Crippen LogP contribution in [0.1, 0.15) is 20.3 Å². The van der Waals surface area contributed by atoms with Crippen molar-refractivity contribution in [2.75, 3.05) is 18.5 Å². The fraction of sp³-hybridized carbons (Fsp3) is 0.312. The first-order chi connectivity index (χ1) is 11.0. The van der Waals surface area contributed by atoms with E-state index in [9.17, 15) is 9.59 Å². The van der Waals surface area contributed by atoms with Gasteiger partial charge in [-0.15, -0.1) is 0 Å². The van der Waals surface area contributed by atoms with Gasteiger partial charge in [0.25, 0.3) is 0 Å².